The number of nitro groups is 1. The molecule has 1 N–H and O–H groups in total. The summed E-state index contributed by atoms with van der Waals surface area (Å²) in [5.74, 6) is -0.0743. The number of nitrogens with one attached hydrogen (secondary N) is 1. The van der Waals surface area contributed by atoms with Crippen LogP contribution in [0.15, 0.2) is 18.2 Å². The predicted octanol–water partition coefficient (Wildman–Crippen LogP) is 1.66. The van der Waals surface area contributed by atoms with Crippen molar-refractivity contribution in [3.8, 4) is 0 Å². The molecule has 0 unspecified atom stereocenters. The minimum atomic E-state index is -3.41. The van der Waals surface area contributed by atoms with Gasteiger partial charge in [-0.2, -0.15) is 0 Å². The minimum Gasteiger partial charge on any atom is -0.283 e. The van der Waals surface area contributed by atoms with Gasteiger partial charge >= 0.3 is 0 Å². The molecule has 1 aromatic rings. The molecule has 0 spiro atoms. The Labute approximate surface area is 93.5 Å². The summed E-state index contributed by atoms with van der Waals surface area (Å²) in [6.07, 6.45) is 0. The Kier molecular flexibility index (Phi) is 3.48. The highest BCUT2D eigenvalue weighted by atomic mass is 32.2. The lowest BCUT2D eigenvalue weighted by atomic mass is 10.2. The van der Waals surface area contributed by atoms with Gasteiger partial charge in [0.15, 0.2) is 0 Å². The fourth-order valence-corrected chi connectivity index (χ4v) is 1.87. The van der Waals surface area contributed by atoms with Gasteiger partial charge in [0.25, 0.3) is 5.69 Å². The average molecular weight is 244 g/mol. The molecule has 0 bridgehead atoms. The van der Waals surface area contributed by atoms with Crippen LogP contribution in [-0.2, 0) is 10.0 Å². The van der Waals surface area contributed by atoms with Crippen LogP contribution in [0.1, 0.15) is 12.5 Å². The van der Waals surface area contributed by atoms with E-state index in [9.17, 15) is 18.5 Å². The second-order valence-electron chi connectivity index (χ2n) is 3.21. The van der Waals surface area contributed by atoms with E-state index in [0.717, 1.165) is 0 Å². The zero-order chi connectivity index (χ0) is 12.3. The number of hydrogen-bond acceptors (Lipinski definition) is 4. The van der Waals surface area contributed by atoms with E-state index in [2.05, 4.69) is 4.72 Å². The van der Waals surface area contributed by atoms with Gasteiger partial charge in [0.1, 0.15) is 0 Å². The van der Waals surface area contributed by atoms with E-state index < -0.39 is 14.9 Å². The first kappa shape index (κ1) is 12.4. The standard InChI is InChI=1S/C9H12N2O4S/c1-3-16(14,15)10-8-5-4-6-9(7(8)2)11(12)13/h4-6,10H,3H2,1-2H3. The average Bonchev–Trinajstić information content (AvgIpc) is 2.20. The van der Waals surface area contributed by atoms with E-state index in [-0.39, 0.29) is 17.1 Å². The topological polar surface area (TPSA) is 89.3 Å². The van der Waals surface area contributed by atoms with Crippen LogP contribution in [0.5, 0.6) is 0 Å². The predicted molar refractivity (Wildman–Crippen MR) is 60.9 cm³/mol. The third-order valence-corrected chi connectivity index (χ3v) is 3.44. The van der Waals surface area contributed by atoms with Crippen molar-refractivity contribution in [1.82, 2.24) is 0 Å². The molecular formula is C9H12N2O4S. The van der Waals surface area contributed by atoms with Crippen LogP contribution in [0.2, 0.25) is 0 Å². The Hall–Kier alpha value is -1.63. The molecule has 0 saturated heterocycles. The Morgan fingerprint density at radius 3 is 2.56 bits per heavy atom. The molecule has 7 heteroatoms. The second kappa shape index (κ2) is 4.48. The lowest BCUT2D eigenvalue weighted by Crippen LogP contribution is -2.15. The van der Waals surface area contributed by atoms with E-state index in [0.29, 0.717) is 5.56 Å². The smallest absolute Gasteiger partial charge is 0.274 e. The van der Waals surface area contributed by atoms with E-state index in [1.165, 1.54) is 32.0 Å². The molecule has 0 fully saturated rings. The molecule has 6 nitrogen and oxygen atoms in total. The summed E-state index contributed by atoms with van der Waals surface area (Å²) in [5, 5.41) is 10.6. The monoisotopic (exact) mass is 244 g/mol. The number of hydrogen-bond donors (Lipinski definition) is 1. The normalized spacial score (nSPS) is 11.1. The van der Waals surface area contributed by atoms with Crippen molar-refractivity contribution in [3.05, 3.63) is 33.9 Å². The van der Waals surface area contributed by atoms with Crippen molar-refractivity contribution in [1.29, 1.82) is 0 Å². The van der Waals surface area contributed by atoms with Gasteiger partial charge in [-0.15, -0.1) is 0 Å². The fraction of sp³-hybridized carbons (Fsp3) is 0.333. The highest BCUT2D eigenvalue weighted by Gasteiger charge is 2.16. The van der Waals surface area contributed by atoms with E-state index in [4.69, 9.17) is 0 Å². The molecule has 0 aliphatic carbocycles. The van der Waals surface area contributed by atoms with Crippen molar-refractivity contribution in [2.75, 3.05) is 10.5 Å². The van der Waals surface area contributed by atoms with Crippen molar-refractivity contribution in [2.24, 2.45) is 0 Å². The molecule has 0 radical (unpaired) electrons. The van der Waals surface area contributed by atoms with Gasteiger partial charge in [-0.25, -0.2) is 8.42 Å². The number of nitrogens with zero attached hydrogens (tertiary/aromatic N) is 1. The van der Waals surface area contributed by atoms with Crippen molar-refractivity contribution in [3.63, 3.8) is 0 Å². The first-order chi connectivity index (χ1) is 7.37. The molecule has 16 heavy (non-hydrogen) atoms. The summed E-state index contributed by atoms with van der Waals surface area (Å²) in [5.41, 5.74) is 0.455. The number of benzene rings is 1. The highest BCUT2D eigenvalue weighted by molar-refractivity contribution is 7.92. The van der Waals surface area contributed by atoms with Gasteiger partial charge in [0.05, 0.1) is 21.9 Å². The Bertz CT molecular complexity index is 510. The van der Waals surface area contributed by atoms with Crippen LogP contribution in [0.25, 0.3) is 0 Å². The largest absolute Gasteiger partial charge is 0.283 e. The first-order valence-electron chi connectivity index (χ1n) is 4.62. The summed E-state index contributed by atoms with van der Waals surface area (Å²) in [7, 11) is -3.41. The number of nitro benzene ring substituents is 1. The SMILES string of the molecule is CCS(=O)(=O)Nc1cccc([N+](=O)[O-])c1C. The summed E-state index contributed by atoms with van der Waals surface area (Å²) in [6, 6.07) is 4.27. The van der Waals surface area contributed by atoms with Gasteiger partial charge < -0.3 is 0 Å². The summed E-state index contributed by atoms with van der Waals surface area (Å²) >= 11 is 0. The van der Waals surface area contributed by atoms with Gasteiger partial charge in [0, 0.05) is 6.07 Å². The Morgan fingerprint density at radius 1 is 1.44 bits per heavy atom. The van der Waals surface area contributed by atoms with Crippen LogP contribution < -0.4 is 4.72 Å². The molecule has 0 heterocycles. The van der Waals surface area contributed by atoms with Gasteiger partial charge in [0.2, 0.25) is 10.0 Å². The minimum absolute atomic E-state index is 0.0743. The van der Waals surface area contributed by atoms with E-state index in [1.807, 2.05) is 0 Å². The maximum Gasteiger partial charge on any atom is 0.274 e. The zero-order valence-electron chi connectivity index (χ0n) is 8.93. The van der Waals surface area contributed by atoms with Gasteiger partial charge in [-0.1, -0.05) is 6.07 Å². The Morgan fingerprint density at radius 2 is 2.06 bits per heavy atom. The van der Waals surface area contributed by atoms with Crippen molar-refractivity contribution < 1.29 is 13.3 Å². The molecule has 0 aromatic heterocycles. The first-order valence-corrected chi connectivity index (χ1v) is 6.27. The summed E-state index contributed by atoms with van der Waals surface area (Å²) in [6.45, 7) is 3.00. The van der Waals surface area contributed by atoms with Crippen LogP contribution >= 0.6 is 0 Å². The van der Waals surface area contributed by atoms with Crippen molar-refractivity contribution in [2.45, 2.75) is 13.8 Å². The third-order valence-electron chi connectivity index (χ3n) is 2.15. The zero-order valence-corrected chi connectivity index (χ0v) is 9.74. The lowest BCUT2D eigenvalue weighted by molar-refractivity contribution is -0.385. The lowest BCUT2D eigenvalue weighted by Gasteiger charge is -2.08. The Balaban J connectivity index is 3.17. The molecular weight excluding hydrogens is 232 g/mol. The van der Waals surface area contributed by atoms with Crippen LogP contribution in [0.3, 0.4) is 0 Å². The van der Waals surface area contributed by atoms with Crippen LogP contribution in [-0.4, -0.2) is 19.1 Å². The fourth-order valence-electron chi connectivity index (χ4n) is 1.17. The summed E-state index contributed by atoms with van der Waals surface area (Å²) in [4.78, 5) is 10.1. The van der Waals surface area contributed by atoms with Crippen LogP contribution in [0.4, 0.5) is 11.4 Å². The van der Waals surface area contributed by atoms with Crippen LogP contribution in [0, 0.1) is 17.0 Å². The number of sulfonamides is 1. The maximum atomic E-state index is 11.3. The molecule has 0 saturated carbocycles. The molecule has 0 amide bonds. The quantitative estimate of drug-likeness (QED) is 0.644. The van der Waals surface area contributed by atoms with Crippen molar-refractivity contribution >= 4 is 21.4 Å². The molecule has 1 aromatic carbocycles. The number of rotatable bonds is 4. The highest BCUT2D eigenvalue weighted by Crippen LogP contribution is 2.25. The molecule has 88 valence electrons. The molecule has 0 aliphatic heterocycles. The number of anilines is 1. The van der Waals surface area contributed by atoms with E-state index >= 15 is 0 Å². The molecule has 0 atom stereocenters. The third kappa shape index (κ3) is 2.69. The van der Waals surface area contributed by atoms with Gasteiger partial charge in [-0.3, -0.25) is 14.8 Å². The maximum absolute atomic E-state index is 11.3. The molecule has 1 rings (SSSR count). The second-order valence-corrected chi connectivity index (χ2v) is 5.22. The van der Waals surface area contributed by atoms with E-state index in [1.54, 1.807) is 0 Å². The summed E-state index contributed by atoms with van der Waals surface area (Å²) < 4.78 is 24.9. The molecule has 0 aliphatic rings. The van der Waals surface area contributed by atoms with Gasteiger partial charge in [-0.05, 0) is 19.9 Å².